The molecule has 21 heavy (non-hydrogen) atoms. The predicted molar refractivity (Wildman–Crippen MR) is 79.7 cm³/mol. The third-order valence-corrected chi connectivity index (χ3v) is 3.37. The summed E-state index contributed by atoms with van der Waals surface area (Å²) in [5.41, 5.74) is 0.560. The van der Waals surface area contributed by atoms with Gasteiger partial charge in [0.25, 0.3) is 0 Å². The maximum Gasteiger partial charge on any atom is 0.326 e. The molecule has 0 aliphatic heterocycles. The van der Waals surface area contributed by atoms with E-state index in [2.05, 4.69) is 4.98 Å². The molecular weight excluding hydrogens is 273 g/mol. The lowest BCUT2D eigenvalue weighted by molar-refractivity contribution is -0.131. The van der Waals surface area contributed by atoms with Crippen molar-refractivity contribution in [2.24, 2.45) is 0 Å². The number of hydrogen-bond donors (Lipinski definition) is 1. The summed E-state index contributed by atoms with van der Waals surface area (Å²) in [5.74, 6) is -0.508. The van der Waals surface area contributed by atoms with E-state index in [4.69, 9.17) is 0 Å². The first-order chi connectivity index (χ1) is 10.1. The summed E-state index contributed by atoms with van der Waals surface area (Å²) in [5, 5.41) is 0. The number of fused-ring (bicyclic) bond motifs is 1. The number of nitrogens with zero attached hydrogens (tertiary/aromatic N) is 2. The summed E-state index contributed by atoms with van der Waals surface area (Å²) in [6.07, 6.45) is 1.75. The SMILES string of the molecule is CCCN(CCC)C(=O)Cn1c(=O)[nH]c2cc(F)ccc21. The number of aromatic nitrogens is 2. The van der Waals surface area contributed by atoms with E-state index in [1.165, 1.54) is 22.8 Å². The highest BCUT2D eigenvalue weighted by Gasteiger charge is 2.16. The Labute approximate surface area is 122 Å². The molecule has 1 aromatic heterocycles. The van der Waals surface area contributed by atoms with Gasteiger partial charge in [-0.15, -0.1) is 0 Å². The van der Waals surface area contributed by atoms with Crippen LogP contribution in [-0.2, 0) is 11.3 Å². The Kier molecular flexibility index (Phi) is 4.77. The molecule has 0 bridgehead atoms. The number of carbonyl (C=O) groups excluding carboxylic acids is 1. The van der Waals surface area contributed by atoms with Crippen LogP contribution in [0.1, 0.15) is 26.7 Å². The number of hydrogen-bond acceptors (Lipinski definition) is 2. The molecule has 2 rings (SSSR count). The number of aromatic amines is 1. The standard InChI is InChI=1S/C15H20FN3O2/c1-3-7-18(8-4-2)14(20)10-19-13-6-5-11(16)9-12(13)17-15(19)21/h5-6,9H,3-4,7-8,10H2,1-2H3,(H,17,21). The van der Waals surface area contributed by atoms with Crippen molar-refractivity contribution in [1.29, 1.82) is 0 Å². The third kappa shape index (κ3) is 3.32. The van der Waals surface area contributed by atoms with E-state index in [0.29, 0.717) is 24.1 Å². The summed E-state index contributed by atoms with van der Waals surface area (Å²) in [4.78, 5) is 28.6. The second-order valence-electron chi connectivity index (χ2n) is 5.06. The van der Waals surface area contributed by atoms with E-state index in [9.17, 15) is 14.0 Å². The van der Waals surface area contributed by atoms with Crippen LogP contribution < -0.4 is 5.69 Å². The van der Waals surface area contributed by atoms with Gasteiger partial charge in [0.2, 0.25) is 5.91 Å². The first-order valence-corrected chi connectivity index (χ1v) is 7.22. The summed E-state index contributed by atoms with van der Waals surface area (Å²) < 4.78 is 14.5. The van der Waals surface area contributed by atoms with Gasteiger partial charge in [0.1, 0.15) is 12.4 Å². The van der Waals surface area contributed by atoms with E-state index in [-0.39, 0.29) is 12.5 Å². The van der Waals surface area contributed by atoms with Crippen molar-refractivity contribution in [2.45, 2.75) is 33.2 Å². The van der Waals surface area contributed by atoms with E-state index >= 15 is 0 Å². The summed E-state index contributed by atoms with van der Waals surface area (Å²) in [6.45, 7) is 5.36. The highest BCUT2D eigenvalue weighted by Crippen LogP contribution is 2.12. The van der Waals surface area contributed by atoms with Crippen molar-refractivity contribution in [3.8, 4) is 0 Å². The predicted octanol–water partition coefficient (Wildman–Crippen LogP) is 2.12. The normalized spacial score (nSPS) is 11.0. The summed E-state index contributed by atoms with van der Waals surface area (Å²) in [7, 11) is 0. The maximum absolute atomic E-state index is 13.2. The van der Waals surface area contributed by atoms with Gasteiger partial charge in [0.05, 0.1) is 11.0 Å². The van der Waals surface area contributed by atoms with Gasteiger partial charge in [-0.2, -0.15) is 0 Å². The van der Waals surface area contributed by atoms with Crippen LogP contribution in [0.25, 0.3) is 11.0 Å². The minimum Gasteiger partial charge on any atom is -0.341 e. The molecule has 0 aliphatic carbocycles. The molecule has 6 heteroatoms. The highest BCUT2D eigenvalue weighted by molar-refractivity contribution is 5.80. The van der Waals surface area contributed by atoms with Gasteiger partial charge in [-0.1, -0.05) is 13.8 Å². The molecule has 0 atom stereocenters. The fourth-order valence-electron chi connectivity index (χ4n) is 2.43. The molecular formula is C15H20FN3O2. The van der Waals surface area contributed by atoms with Crippen LogP contribution in [0.2, 0.25) is 0 Å². The number of carbonyl (C=O) groups is 1. The number of amides is 1. The van der Waals surface area contributed by atoms with E-state index in [1.54, 1.807) is 4.90 Å². The lowest BCUT2D eigenvalue weighted by atomic mass is 10.3. The van der Waals surface area contributed by atoms with Crippen LogP contribution in [0.3, 0.4) is 0 Å². The van der Waals surface area contributed by atoms with Gasteiger partial charge in [0.15, 0.2) is 0 Å². The van der Waals surface area contributed by atoms with Crippen molar-refractivity contribution >= 4 is 16.9 Å². The van der Waals surface area contributed by atoms with E-state index in [0.717, 1.165) is 12.8 Å². The Hall–Kier alpha value is -2.11. The number of H-pyrrole nitrogens is 1. The number of halogens is 1. The van der Waals surface area contributed by atoms with Crippen LogP contribution in [0.4, 0.5) is 4.39 Å². The molecule has 0 saturated carbocycles. The molecule has 0 spiro atoms. The average Bonchev–Trinajstić information content (AvgIpc) is 2.74. The lowest BCUT2D eigenvalue weighted by Crippen LogP contribution is -2.37. The fourth-order valence-corrected chi connectivity index (χ4v) is 2.43. The largest absolute Gasteiger partial charge is 0.341 e. The molecule has 0 radical (unpaired) electrons. The van der Waals surface area contributed by atoms with Gasteiger partial charge < -0.3 is 9.88 Å². The lowest BCUT2D eigenvalue weighted by Gasteiger charge is -2.21. The number of nitrogens with one attached hydrogen (secondary N) is 1. The van der Waals surface area contributed by atoms with Crippen molar-refractivity contribution in [2.75, 3.05) is 13.1 Å². The van der Waals surface area contributed by atoms with Crippen LogP contribution in [0.15, 0.2) is 23.0 Å². The van der Waals surface area contributed by atoms with Gasteiger partial charge in [0, 0.05) is 13.1 Å². The molecule has 2 aromatic rings. The van der Waals surface area contributed by atoms with Crippen LogP contribution >= 0.6 is 0 Å². The van der Waals surface area contributed by atoms with Crippen molar-refractivity contribution in [3.63, 3.8) is 0 Å². The Balaban J connectivity index is 2.28. The molecule has 1 amide bonds. The van der Waals surface area contributed by atoms with Crippen molar-refractivity contribution in [1.82, 2.24) is 14.5 Å². The van der Waals surface area contributed by atoms with Gasteiger partial charge in [-0.05, 0) is 31.0 Å². The van der Waals surface area contributed by atoms with Crippen LogP contribution in [0.5, 0.6) is 0 Å². The quantitative estimate of drug-likeness (QED) is 0.887. The zero-order chi connectivity index (χ0) is 15.4. The molecule has 1 heterocycles. The first kappa shape index (κ1) is 15.3. The molecule has 1 N–H and O–H groups in total. The second-order valence-corrected chi connectivity index (χ2v) is 5.06. The maximum atomic E-state index is 13.2. The average molecular weight is 293 g/mol. The summed E-state index contributed by atoms with van der Waals surface area (Å²) in [6, 6.07) is 4.06. The van der Waals surface area contributed by atoms with E-state index in [1.807, 2.05) is 13.8 Å². The second kappa shape index (κ2) is 6.56. The van der Waals surface area contributed by atoms with E-state index < -0.39 is 11.5 Å². The van der Waals surface area contributed by atoms with Crippen molar-refractivity contribution in [3.05, 3.63) is 34.5 Å². The smallest absolute Gasteiger partial charge is 0.326 e. The van der Waals surface area contributed by atoms with Crippen molar-refractivity contribution < 1.29 is 9.18 Å². The van der Waals surface area contributed by atoms with Gasteiger partial charge in [-0.25, -0.2) is 9.18 Å². The Bertz CT molecular complexity index is 684. The molecule has 1 aromatic carbocycles. The van der Waals surface area contributed by atoms with Crippen LogP contribution in [-0.4, -0.2) is 33.4 Å². The minimum absolute atomic E-state index is 0.0233. The Morgan fingerprint density at radius 3 is 2.57 bits per heavy atom. The Morgan fingerprint density at radius 1 is 1.29 bits per heavy atom. The molecule has 0 aliphatic rings. The number of benzene rings is 1. The van der Waals surface area contributed by atoms with Crippen LogP contribution in [0, 0.1) is 5.82 Å². The minimum atomic E-state index is -0.416. The molecule has 0 unspecified atom stereocenters. The molecule has 0 fully saturated rings. The third-order valence-electron chi connectivity index (χ3n) is 3.37. The zero-order valence-corrected chi connectivity index (χ0v) is 12.4. The van der Waals surface area contributed by atoms with Gasteiger partial charge in [-0.3, -0.25) is 9.36 Å². The monoisotopic (exact) mass is 293 g/mol. The van der Waals surface area contributed by atoms with Gasteiger partial charge >= 0.3 is 5.69 Å². The Morgan fingerprint density at radius 2 is 1.95 bits per heavy atom. The number of imidazole rings is 1. The molecule has 5 nitrogen and oxygen atoms in total. The topological polar surface area (TPSA) is 58.1 Å². The fraction of sp³-hybridized carbons (Fsp3) is 0.467. The first-order valence-electron chi connectivity index (χ1n) is 7.22. The highest BCUT2D eigenvalue weighted by atomic mass is 19.1. The zero-order valence-electron chi connectivity index (χ0n) is 12.4. The molecule has 0 saturated heterocycles. The summed E-state index contributed by atoms with van der Waals surface area (Å²) >= 11 is 0. The number of rotatable bonds is 6. The molecule has 114 valence electrons.